The van der Waals surface area contributed by atoms with Crippen LogP contribution in [-0.2, 0) is 9.59 Å². The fraction of sp³-hybridized carbons (Fsp3) is 0.875. The Kier molecular flexibility index (Phi) is 6.50. The highest BCUT2D eigenvalue weighted by Gasteiger charge is 2.37. The average molecular weight is 283 g/mol. The fourth-order valence-corrected chi connectivity index (χ4v) is 3.07. The van der Waals surface area contributed by atoms with E-state index in [9.17, 15) is 9.59 Å². The van der Waals surface area contributed by atoms with Crippen LogP contribution in [0.3, 0.4) is 0 Å². The largest absolute Gasteiger partial charge is 0.481 e. The zero-order chi connectivity index (χ0) is 15.2. The van der Waals surface area contributed by atoms with E-state index in [1.54, 1.807) is 4.90 Å². The summed E-state index contributed by atoms with van der Waals surface area (Å²) in [5, 5.41) is 9.13. The van der Waals surface area contributed by atoms with Crippen molar-refractivity contribution in [2.45, 2.75) is 65.2 Å². The molecule has 0 aromatic rings. The van der Waals surface area contributed by atoms with Crippen LogP contribution in [0.1, 0.15) is 65.2 Å². The number of aliphatic carboxylic acids is 1. The molecule has 0 spiro atoms. The lowest BCUT2D eigenvalue weighted by Crippen LogP contribution is -2.36. The van der Waals surface area contributed by atoms with Crippen molar-refractivity contribution in [3.8, 4) is 0 Å². The molecule has 0 aliphatic heterocycles. The Labute approximate surface area is 122 Å². The van der Waals surface area contributed by atoms with Gasteiger partial charge in [-0.1, -0.05) is 33.1 Å². The first-order valence-electron chi connectivity index (χ1n) is 7.80. The Morgan fingerprint density at radius 2 is 1.75 bits per heavy atom. The lowest BCUT2D eigenvalue weighted by Gasteiger charge is -2.36. The van der Waals surface area contributed by atoms with Crippen molar-refractivity contribution < 1.29 is 14.7 Å². The molecule has 1 aliphatic rings. The molecule has 0 radical (unpaired) electrons. The smallest absolute Gasteiger partial charge is 0.303 e. The van der Waals surface area contributed by atoms with Gasteiger partial charge in [0.25, 0.3) is 0 Å². The molecule has 1 N–H and O–H groups in total. The van der Waals surface area contributed by atoms with E-state index in [-0.39, 0.29) is 17.7 Å². The predicted molar refractivity (Wildman–Crippen MR) is 79.5 cm³/mol. The summed E-state index contributed by atoms with van der Waals surface area (Å²) in [6.45, 7) is 5.05. The molecule has 1 amide bonds. The van der Waals surface area contributed by atoms with E-state index in [1.807, 2.05) is 7.05 Å². The molecular formula is C16H29NO3. The van der Waals surface area contributed by atoms with E-state index in [0.717, 1.165) is 38.6 Å². The number of carbonyl (C=O) groups excluding carboxylic acids is 1. The Morgan fingerprint density at radius 1 is 1.15 bits per heavy atom. The molecule has 1 aliphatic carbocycles. The summed E-state index contributed by atoms with van der Waals surface area (Å²) in [5.74, 6) is -0.0914. The first-order valence-corrected chi connectivity index (χ1v) is 7.80. The number of carboxylic acids is 1. The monoisotopic (exact) mass is 283 g/mol. The molecule has 0 aromatic carbocycles. The normalized spacial score (nSPS) is 18.0. The van der Waals surface area contributed by atoms with Gasteiger partial charge in [0.1, 0.15) is 0 Å². The van der Waals surface area contributed by atoms with Crippen LogP contribution in [-0.4, -0.2) is 35.5 Å². The van der Waals surface area contributed by atoms with Gasteiger partial charge in [0.2, 0.25) is 5.91 Å². The molecule has 4 heteroatoms. The number of hydrogen-bond donors (Lipinski definition) is 1. The Hall–Kier alpha value is -1.06. The van der Waals surface area contributed by atoms with Crippen LogP contribution < -0.4 is 0 Å². The van der Waals surface area contributed by atoms with Crippen LogP contribution in [0, 0.1) is 11.3 Å². The number of amides is 1. The van der Waals surface area contributed by atoms with Crippen LogP contribution in [0.4, 0.5) is 0 Å². The summed E-state index contributed by atoms with van der Waals surface area (Å²) in [5.41, 5.74) is -0.298. The van der Waals surface area contributed by atoms with Crippen molar-refractivity contribution in [1.82, 2.24) is 4.90 Å². The first-order chi connectivity index (χ1) is 9.34. The minimum absolute atomic E-state index is 0.105. The number of rotatable bonds is 7. The quantitative estimate of drug-likeness (QED) is 0.780. The van der Waals surface area contributed by atoms with Gasteiger partial charge in [-0.25, -0.2) is 0 Å². The minimum Gasteiger partial charge on any atom is -0.481 e. The predicted octanol–water partition coefficient (Wildman–Crippen LogP) is 3.31. The van der Waals surface area contributed by atoms with Crippen LogP contribution in [0.2, 0.25) is 0 Å². The Balaban J connectivity index is 2.59. The standard InChI is InChI=1S/C16H29NO3/c1-13(2)7-10-17(3)14(18)11-16(12-15(19)20)8-5-4-6-9-16/h13H,4-12H2,1-3H3,(H,19,20). The highest BCUT2D eigenvalue weighted by Crippen LogP contribution is 2.42. The third-order valence-corrected chi connectivity index (χ3v) is 4.43. The van der Waals surface area contributed by atoms with Gasteiger partial charge in [-0.3, -0.25) is 9.59 Å². The second-order valence-electron chi connectivity index (χ2n) is 6.81. The van der Waals surface area contributed by atoms with E-state index in [0.29, 0.717) is 12.3 Å². The molecule has 1 saturated carbocycles. The van der Waals surface area contributed by atoms with Crippen molar-refractivity contribution in [1.29, 1.82) is 0 Å². The van der Waals surface area contributed by atoms with E-state index in [4.69, 9.17) is 5.11 Å². The fourth-order valence-electron chi connectivity index (χ4n) is 3.07. The zero-order valence-corrected chi connectivity index (χ0v) is 13.2. The van der Waals surface area contributed by atoms with E-state index in [2.05, 4.69) is 13.8 Å². The summed E-state index contributed by atoms with van der Waals surface area (Å²) in [6.07, 6.45) is 6.55. The molecule has 0 saturated heterocycles. The van der Waals surface area contributed by atoms with Crippen molar-refractivity contribution in [3.05, 3.63) is 0 Å². The summed E-state index contributed by atoms with van der Waals surface area (Å²) in [4.78, 5) is 25.2. The summed E-state index contributed by atoms with van der Waals surface area (Å²) >= 11 is 0. The van der Waals surface area contributed by atoms with Gasteiger partial charge in [0.15, 0.2) is 0 Å². The molecule has 0 unspecified atom stereocenters. The van der Waals surface area contributed by atoms with Crippen molar-refractivity contribution in [2.75, 3.05) is 13.6 Å². The summed E-state index contributed by atoms with van der Waals surface area (Å²) in [7, 11) is 1.84. The zero-order valence-electron chi connectivity index (χ0n) is 13.2. The summed E-state index contributed by atoms with van der Waals surface area (Å²) in [6, 6.07) is 0. The van der Waals surface area contributed by atoms with E-state index in [1.165, 1.54) is 6.42 Å². The second kappa shape index (κ2) is 7.65. The number of hydrogen-bond acceptors (Lipinski definition) is 2. The SMILES string of the molecule is CC(C)CCN(C)C(=O)CC1(CC(=O)O)CCCCC1. The molecule has 4 nitrogen and oxygen atoms in total. The molecule has 1 rings (SSSR count). The number of carbonyl (C=O) groups is 2. The molecule has 20 heavy (non-hydrogen) atoms. The Bertz CT molecular complexity index is 333. The molecule has 116 valence electrons. The molecule has 0 bridgehead atoms. The average Bonchev–Trinajstić information content (AvgIpc) is 2.35. The highest BCUT2D eigenvalue weighted by molar-refractivity contribution is 5.78. The maximum absolute atomic E-state index is 12.3. The lowest BCUT2D eigenvalue weighted by molar-refractivity contribution is -0.142. The van der Waals surface area contributed by atoms with Gasteiger partial charge in [-0.05, 0) is 30.6 Å². The van der Waals surface area contributed by atoms with Gasteiger partial charge in [0, 0.05) is 20.0 Å². The van der Waals surface area contributed by atoms with Crippen LogP contribution in [0.15, 0.2) is 0 Å². The molecule has 0 heterocycles. The van der Waals surface area contributed by atoms with Crippen LogP contribution in [0.5, 0.6) is 0 Å². The molecule has 0 atom stereocenters. The highest BCUT2D eigenvalue weighted by atomic mass is 16.4. The van der Waals surface area contributed by atoms with Gasteiger partial charge in [0.05, 0.1) is 6.42 Å². The van der Waals surface area contributed by atoms with Crippen LogP contribution >= 0.6 is 0 Å². The number of carboxylic acid groups (broad SMARTS) is 1. The van der Waals surface area contributed by atoms with Crippen LogP contribution in [0.25, 0.3) is 0 Å². The first kappa shape index (κ1) is 17.0. The maximum Gasteiger partial charge on any atom is 0.303 e. The van der Waals surface area contributed by atoms with Crippen molar-refractivity contribution in [3.63, 3.8) is 0 Å². The van der Waals surface area contributed by atoms with Crippen molar-refractivity contribution in [2.24, 2.45) is 11.3 Å². The molecule has 1 fully saturated rings. The van der Waals surface area contributed by atoms with E-state index >= 15 is 0 Å². The Morgan fingerprint density at radius 3 is 2.25 bits per heavy atom. The third-order valence-electron chi connectivity index (χ3n) is 4.43. The summed E-state index contributed by atoms with van der Waals surface area (Å²) < 4.78 is 0. The van der Waals surface area contributed by atoms with Gasteiger partial charge in [-0.15, -0.1) is 0 Å². The molecular weight excluding hydrogens is 254 g/mol. The topological polar surface area (TPSA) is 57.6 Å². The van der Waals surface area contributed by atoms with Gasteiger partial charge in [-0.2, -0.15) is 0 Å². The van der Waals surface area contributed by atoms with Gasteiger partial charge >= 0.3 is 5.97 Å². The maximum atomic E-state index is 12.3. The van der Waals surface area contributed by atoms with Crippen molar-refractivity contribution >= 4 is 11.9 Å². The third kappa shape index (κ3) is 5.51. The lowest BCUT2D eigenvalue weighted by atomic mass is 9.69. The second-order valence-corrected chi connectivity index (χ2v) is 6.81. The number of nitrogens with zero attached hydrogens (tertiary/aromatic N) is 1. The van der Waals surface area contributed by atoms with E-state index < -0.39 is 5.97 Å². The van der Waals surface area contributed by atoms with Gasteiger partial charge < -0.3 is 10.0 Å². The molecule has 0 aromatic heterocycles. The minimum atomic E-state index is -0.774.